The lowest BCUT2D eigenvalue weighted by atomic mass is 10.1. The third-order valence-corrected chi connectivity index (χ3v) is 5.21. The summed E-state index contributed by atoms with van der Waals surface area (Å²) in [6, 6.07) is 1.39. The lowest BCUT2D eigenvalue weighted by molar-refractivity contribution is 0.254. The number of anilines is 1. The molecule has 3 rings (SSSR count). The molecule has 2 fully saturated rings. The van der Waals surface area contributed by atoms with Crippen LogP contribution in [0.1, 0.15) is 36.1 Å². The number of aryl methyl sites for hydroxylation is 1. The maximum absolute atomic E-state index is 5.96. The van der Waals surface area contributed by atoms with Crippen LogP contribution >= 0.6 is 0 Å². The van der Waals surface area contributed by atoms with Crippen molar-refractivity contribution in [1.82, 2.24) is 15.1 Å². The third kappa shape index (κ3) is 2.19. The van der Waals surface area contributed by atoms with Gasteiger partial charge in [-0.2, -0.15) is 5.10 Å². The van der Waals surface area contributed by atoms with Crippen LogP contribution in [0.4, 0.5) is 5.82 Å². The molecule has 0 aromatic carbocycles. The second-order valence-corrected chi connectivity index (χ2v) is 6.20. The quantitative estimate of drug-likeness (QED) is 0.879. The van der Waals surface area contributed by atoms with Crippen LogP contribution in [0.15, 0.2) is 0 Å². The summed E-state index contributed by atoms with van der Waals surface area (Å²) in [4.78, 5) is 4.96. The number of rotatable bonds is 2. The Labute approximate surface area is 121 Å². The number of nitrogens with zero attached hydrogens (tertiary/aromatic N) is 4. The number of likely N-dealkylation sites (N-methyl/N-ethyl adjacent to an activating group) is 1. The Bertz CT molecular complexity index is 501. The summed E-state index contributed by atoms with van der Waals surface area (Å²) in [6.45, 7) is 6.76. The average molecular weight is 275 g/mol. The molecule has 3 heterocycles. The molecule has 0 radical (unpaired) electrons. The van der Waals surface area contributed by atoms with Gasteiger partial charge in [0.1, 0.15) is 0 Å². The lowest BCUT2D eigenvalue weighted by Gasteiger charge is -2.28. The van der Waals surface area contributed by atoms with E-state index in [1.807, 2.05) is 6.92 Å². The first-order chi connectivity index (χ1) is 9.61. The molecule has 5 heteroatoms. The molecule has 2 aliphatic rings. The predicted molar refractivity (Wildman–Crippen MR) is 80.8 cm³/mol. The normalized spacial score (nSPS) is 26.9. The van der Waals surface area contributed by atoms with Gasteiger partial charge in [-0.05, 0) is 45.7 Å². The van der Waals surface area contributed by atoms with Crippen molar-refractivity contribution in [3.8, 4) is 0 Å². The minimum atomic E-state index is 0.540. The van der Waals surface area contributed by atoms with Gasteiger partial charge in [-0.25, -0.2) is 0 Å². The minimum Gasteiger partial charge on any atom is -0.353 e. The minimum absolute atomic E-state index is 0.540. The molecule has 2 N–H and O–H groups in total. The molecular weight excluding hydrogens is 250 g/mol. The fourth-order valence-corrected chi connectivity index (χ4v) is 3.64. The largest absolute Gasteiger partial charge is 0.353 e. The van der Waals surface area contributed by atoms with E-state index in [-0.39, 0.29) is 0 Å². The predicted octanol–water partition coefficient (Wildman–Crippen LogP) is 1.23. The molecule has 2 aliphatic heterocycles. The number of fused-ring (bicyclic) bond motifs is 2. The molecule has 0 amide bonds. The van der Waals surface area contributed by atoms with E-state index < -0.39 is 0 Å². The highest BCUT2D eigenvalue weighted by Gasteiger charge is 2.35. The number of aromatic nitrogens is 2. The van der Waals surface area contributed by atoms with Gasteiger partial charge in [0, 0.05) is 37.3 Å². The van der Waals surface area contributed by atoms with Crippen LogP contribution in [-0.2, 0) is 6.54 Å². The molecule has 2 saturated heterocycles. The van der Waals surface area contributed by atoms with Crippen molar-refractivity contribution in [2.24, 2.45) is 5.73 Å². The molecule has 110 valence electrons. The van der Waals surface area contributed by atoms with Crippen molar-refractivity contribution < 1.29 is 0 Å². The molecule has 2 atom stereocenters. The average Bonchev–Trinajstić information content (AvgIpc) is 2.67. The van der Waals surface area contributed by atoms with Crippen molar-refractivity contribution in [2.75, 3.05) is 25.0 Å². The highest BCUT2D eigenvalue weighted by atomic mass is 15.3. The Morgan fingerprint density at radius 3 is 2.65 bits per heavy atom. The van der Waals surface area contributed by atoms with Crippen LogP contribution in [0.5, 0.6) is 0 Å². The van der Waals surface area contributed by atoms with Gasteiger partial charge in [0.05, 0.1) is 5.69 Å². The van der Waals surface area contributed by atoms with E-state index in [9.17, 15) is 0 Å². The summed E-state index contributed by atoms with van der Waals surface area (Å²) in [5.41, 5.74) is 9.31. The summed E-state index contributed by atoms with van der Waals surface area (Å²) in [5, 5.41) is 8.77. The summed E-state index contributed by atoms with van der Waals surface area (Å²) in [5.74, 6) is 1.01. The molecular formula is C15H25N5. The van der Waals surface area contributed by atoms with Crippen LogP contribution in [0.2, 0.25) is 0 Å². The zero-order valence-corrected chi connectivity index (χ0v) is 12.8. The van der Waals surface area contributed by atoms with E-state index >= 15 is 0 Å². The molecule has 1 aromatic rings. The van der Waals surface area contributed by atoms with Crippen molar-refractivity contribution in [3.05, 3.63) is 16.8 Å². The summed E-state index contributed by atoms with van der Waals surface area (Å²) < 4.78 is 0. The molecule has 0 spiro atoms. The Morgan fingerprint density at radius 1 is 1.15 bits per heavy atom. The van der Waals surface area contributed by atoms with Crippen LogP contribution < -0.4 is 10.6 Å². The van der Waals surface area contributed by atoms with Gasteiger partial charge in [-0.15, -0.1) is 5.10 Å². The van der Waals surface area contributed by atoms with Crippen LogP contribution in [0.3, 0.4) is 0 Å². The second-order valence-electron chi connectivity index (χ2n) is 6.20. The summed E-state index contributed by atoms with van der Waals surface area (Å²) in [6.07, 6.45) is 3.86. The zero-order valence-electron chi connectivity index (χ0n) is 12.8. The maximum atomic E-state index is 5.96. The first-order valence-electron chi connectivity index (χ1n) is 7.61. The number of hydrogen-bond donors (Lipinski definition) is 1. The van der Waals surface area contributed by atoms with Gasteiger partial charge in [-0.1, -0.05) is 0 Å². The fourth-order valence-electron chi connectivity index (χ4n) is 3.64. The number of hydrogen-bond acceptors (Lipinski definition) is 5. The van der Waals surface area contributed by atoms with E-state index in [1.165, 1.54) is 24.8 Å². The van der Waals surface area contributed by atoms with Crippen molar-refractivity contribution in [2.45, 2.75) is 51.7 Å². The smallest absolute Gasteiger partial charge is 0.156 e. The highest BCUT2D eigenvalue weighted by molar-refractivity contribution is 5.51. The van der Waals surface area contributed by atoms with E-state index in [0.29, 0.717) is 12.6 Å². The SMILES string of the molecule is Cc1nnc(N2CCC3CCC(C2)N3C)c(CN)c1C. The van der Waals surface area contributed by atoms with Crippen LogP contribution in [0.25, 0.3) is 0 Å². The van der Waals surface area contributed by atoms with E-state index in [2.05, 4.69) is 34.0 Å². The highest BCUT2D eigenvalue weighted by Crippen LogP contribution is 2.31. The lowest BCUT2D eigenvalue weighted by Crippen LogP contribution is -2.37. The molecule has 1 aromatic heterocycles. The van der Waals surface area contributed by atoms with Gasteiger partial charge in [0.25, 0.3) is 0 Å². The summed E-state index contributed by atoms with van der Waals surface area (Å²) >= 11 is 0. The van der Waals surface area contributed by atoms with Gasteiger partial charge < -0.3 is 10.6 Å². The number of nitrogens with two attached hydrogens (primary N) is 1. The van der Waals surface area contributed by atoms with Crippen LogP contribution in [-0.4, -0.2) is 47.3 Å². The fraction of sp³-hybridized carbons (Fsp3) is 0.733. The molecule has 20 heavy (non-hydrogen) atoms. The molecule has 0 aliphatic carbocycles. The van der Waals surface area contributed by atoms with Crippen molar-refractivity contribution in [1.29, 1.82) is 0 Å². The van der Waals surface area contributed by atoms with E-state index in [1.54, 1.807) is 0 Å². The van der Waals surface area contributed by atoms with Crippen molar-refractivity contribution >= 4 is 5.82 Å². The van der Waals surface area contributed by atoms with Gasteiger partial charge in [-0.3, -0.25) is 4.90 Å². The maximum Gasteiger partial charge on any atom is 0.156 e. The zero-order chi connectivity index (χ0) is 14.3. The van der Waals surface area contributed by atoms with Crippen molar-refractivity contribution in [3.63, 3.8) is 0 Å². The second kappa shape index (κ2) is 5.30. The first kappa shape index (κ1) is 13.8. The third-order valence-electron chi connectivity index (χ3n) is 5.21. The Hall–Kier alpha value is -1.20. The van der Waals surface area contributed by atoms with Gasteiger partial charge >= 0.3 is 0 Å². The van der Waals surface area contributed by atoms with Crippen LogP contribution in [0, 0.1) is 13.8 Å². The van der Waals surface area contributed by atoms with Gasteiger partial charge in [0.15, 0.2) is 5.82 Å². The van der Waals surface area contributed by atoms with Gasteiger partial charge in [0.2, 0.25) is 0 Å². The first-order valence-corrected chi connectivity index (χ1v) is 7.61. The molecule has 5 nitrogen and oxygen atoms in total. The monoisotopic (exact) mass is 275 g/mol. The topological polar surface area (TPSA) is 58.3 Å². The molecule has 0 saturated carbocycles. The van der Waals surface area contributed by atoms with E-state index in [0.717, 1.165) is 36.2 Å². The Balaban J connectivity index is 1.92. The van der Waals surface area contributed by atoms with E-state index in [4.69, 9.17) is 5.73 Å². The Morgan fingerprint density at radius 2 is 1.90 bits per heavy atom. The molecule has 2 bridgehead atoms. The summed E-state index contributed by atoms with van der Waals surface area (Å²) in [7, 11) is 2.27. The Kier molecular flexibility index (Phi) is 3.65. The molecule has 2 unspecified atom stereocenters. The standard InChI is InChI=1S/C15H25N5/c1-10-11(2)17-18-15(14(10)8-16)20-7-6-12-4-5-13(9-20)19(12)3/h12-13H,4-9,16H2,1-3H3.